The highest BCUT2D eigenvalue weighted by atomic mass is 32.2. The minimum atomic E-state index is -4.96. The maximum absolute atomic E-state index is 13.4. The Hall–Kier alpha value is -2.04. The third-order valence-corrected chi connectivity index (χ3v) is 6.14. The zero-order valence-electron chi connectivity index (χ0n) is 14.9. The number of amidine groups is 1. The van der Waals surface area contributed by atoms with E-state index < -0.39 is 28.3 Å². The SMILES string of the molecule is CSc1cccc(C2=NC(O)(C(F)(F)F)CN2c2ccc(S(C)(=O)=O)cc2)c1. The first-order valence-corrected chi connectivity index (χ1v) is 11.2. The number of aliphatic hydroxyl groups is 1. The van der Waals surface area contributed by atoms with Crippen LogP contribution in [0.1, 0.15) is 5.56 Å². The van der Waals surface area contributed by atoms with Crippen LogP contribution >= 0.6 is 11.8 Å². The topological polar surface area (TPSA) is 70.0 Å². The number of halogens is 3. The van der Waals surface area contributed by atoms with Crippen molar-refractivity contribution in [1.29, 1.82) is 0 Å². The standard InChI is InChI=1S/C18H17F3N2O3S2/c1-27-14-5-3-4-12(10-14)16-22-17(24,18(19,20)21)11-23(16)13-6-8-15(9-7-13)28(2,25)26/h3-10,24H,11H2,1-2H3. The Kier molecular flexibility index (Phi) is 5.24. The van der Waals surface area contributed by atoms with Gasteiger partial charge < -0.3 is 10.0 Å². The van der Waals surface area contributed by atoms with E-state index >= 15 is 0 Å². The molecule has 0 fully saturated rings. The van der Waals surface area contributed by atoms with E-state index in [1.807, 2.05) is 12.3 Å². The highest BCUT2D eigenvalue weighted by Gasteiger charge is 2.58. The van der Waals surface area contributed by atoms with Gasteiger partial charge in [0.15, 0.2) is 9.84 Å². The molecule has 0 amide bonds. The van der Waals surface area contributed by atoms with Gasteiger partial charge in [-0.2, -0.15) is 13.2 Å². The lowest BCUT2D eigenvalue weighted by Gasteiger charge is -2.25. The van der Waals surface area contributed by atoms with Crippen LogP contribution in [0.5, 0.6) is 0 Å². The second kappa shape index (κ2) is 7.09. The Morgan fingerprint density at radius 2 is 1.82 bits per heavy atom. The van der Waals surface area contributed by atoms with Crippen molar-refractivity contribution in [3.8, 4) is 0 Å². The van der Waals surface area contributed by atoms with Crippen LogP contribution < -0.4 is 4.90 Å². The van der Waals surface area contributed by atoms with Gasteiger partial charge in [-0.25, -0.2) is 13.4 Å². The number of sulfone groups is 1. The number of hydrogen-bond acceptors (Lipinski definition) is 6. The second-order valence-corrected chi connectivity index (χ2v) is 9.23. The fraction of sp³-hybridized carbons (Fsp3) is 0.278. The molecule has 1 heterocycles. The lowest BCUT2D eigenvalue weighted by Crippen LogP contribution is -2.47. The number of hydrogen-bond donors (Lipinski definition) is 1. The molecule has 0 spiro atoms. The van der Waals surface area contributed by atoms with E-state index in [-0.39, 0.29) is 10.7 Å². The molecule has 1 aliphatic rings. The Balaban J connectivity index is 2.09. The van der Waals surface area contributed by atoms with Crippen molar-refractivity contribution in [3.05, 3.63) is 54.1 Å². The fourth-order valence-corrected chi connectivity index (χ4v) is 3.88. The summed E-state index contributed by atoms with van der Waals surface area (Å²) in [6.45, 7) is -0.826. The van der Waals surface area contributed by atoms with Crippen molar-refractivity contribution >= 4 is 33.1 Å². The van der Waals surface area contributed by atoms with Crippen LogP contribution in [0.2, 0.25) is 0 Å². The van der Waals surface area contributed by atoms with Crippen LogP contribution in [0.15, 0.2) is 63.3 Å². The fourth-order valence-electron chi connectivity index (χ4n) is 2.79. The maximum atomic E-state index is 13.4. The van der Waals surface area contributed by atoms with Crippen molar-refractivity contribution in [2.75, 3.05) is 24.0 Å². The highest BCUT2D eigenvalue weighted by Crippen LogP contribution is 2.39. The molecule has 2 aromatic rings. The van der Waals surface area contributed by atoms with Crippen LogP contribution in [-0.4, -0.2) is 50.3 Å². The van der Waals surface area contributed by atoms with Gasteiger partial charge in [-0.3, -0.25) is 0 Å². The summed E-state index contributed by atoms with van der Waals surface area (Å²) in [4.78, 5) is 5.72. The molecule has 0 saturated carbocycles. The molecule has 0 radical (unpaired) electrons. The molecule has 0 bridgehead atoms. The number of nitrogens with zero attached hydrogens (tertiary/aromatic N) is 2. The van der Waals surface area contributed by atoms with Crippen molar-refractivity contribution in [1.82, 2.24) is 0 Å². The summed E-state index contributed by atoms with van der Waals surface area (Å²) >= 11 is 1.42. The largest absolute Gasteiger partial charge is 0.440 e. The van der Waals surface area contributed by atoms with Crippen LogP contribution in [0.25, 0.3) is 0 Å². The molecule has 10 heteroatoms. The molecule has 1 unspecified atom stereocenters. The van der Waals surface area contributed by atoms with Gasteiger partial charge in [0.1, 0.15) is 5.84 Å². The zero-order chi connectivity index (χ0) is 20.7. The Morgan fingerprint density at radius 1 is 1.18 bits per heavy atom. The van der Waals surface area contributed by atoms with Gasteiger partial charge in [0.2, 0.25) is 0 Å². The molecule has 0 aromatic heterocycles. The number of anilines is 1. The van der Waals surface area contributed by atoms with Crippen molar-refractivity contribution in [3.63, 3.8) is 0 Å². The Labute approximate surface area is 164 Å². The van der Waals surface area contributed by atoms with Gasteiger partial charge in [0.25, 0.3) is 5.72 Å². The average Bonchev–Trinajstić information content (AvgIpc) is 3.00. The lowest BCUT2D eigenvalue weighted by atomic mass is 10.1. The summed E-state index contributed by atoms with van der Waals surface area (Å²) in [6.07, 6.45) is -2.08. The maximum Gasteiger partial charge on any atom is 0.440 e. The van der Waals surface area contributed by atoms with Gasteiger partial charge in [0.05, 0.1) is 11.4 Å². The highest BCUT2D eigenvalue weighted by molar-refractivity contribution is 7.98. The lowest BCUT2D eigenvalue weighted by molar-refractivity contribution is -0.249. The third kappa shape index (κ3) is 3.89. The summed E-state index contributed by atoms with van der Waals surface area (Å²) in [5.74, 6) is -0.0390. The Bertz CT molecular complexity index is 1020. The molecule has 1 atom stereocenters. The van der Waals surface area contributed by atoms with Crippen LogP contribution in [0, 0.1) is 0 Å². The molecule has 2 aromatic carbocycles. The molecular weight excluding hydrogens is 413 g/mol. The number of benzene rings is 2. The van der Waals surface area contributed by atoms with E-state index in [9.17, 15) is 26.7 Å². The summed E-state index contributed by atoms with van der Waals surface area (Å²) in [5.41, 5.74) is -2.55. The molecule has 150 valence electrons. The van der Waals surface area contributed by atoms with E-state index in [1.54, 1.807) is 18.2 Å². The molecule has 1 N–H and O–H groups in total. The smallest absolute Gasteiger partial charge is 0.361 e. The summed E-state index contributed by atoms with van der Waals surface area (Å²) in [7, 11) is -3.44. The zero-order valence-corrected chi connectivity index (χ0v) is 16.6. The Morgan fingerprint density at radius 3 is 2.36 bits per heavy atom. The minimum Gasteiger partial charge on any atom is -0.361 e. The molecule has 1 aliphatic heterocycles. The molecular formula is C18H17F3N2O3S2. The molecule has 0 aliphatic carbocycles. The first kappa shape index (κ1) is 20.7. The van der Waals surface area contributed by atoms with Crippen LogP contribution in [0.3, 0.4) is 0 Å². The third-order valence-electron chi connectivity index (χ3n) is 4.28. The predicted octanol–water partition coefficient (Wildman–Crippen LogP) is 3.33. The van der Waals surface area contributed by atoms with Crippen molar-refractivity contribution < 1.29 is 26.7 Å². The van der Waals surface area contributed by atoms with E-state index in [2.05, 4.69) is 4.99 Å². The quantitative estimate of drug-likeness (QED) is 0.754. The summed E-state index contributed by atoms with van der Waals surface area (Å²) in [5, 5.41) is 10.1. The van der Waals surface area contributed by atoms with Crippen molar-refractivity contribution in [2.24, 2.45) is 4.99 Å². The molecule has 3 rings (SSSR count). The predicted molar refractivity (Wildman–Crippen MR) is 103 cm³/mol. The van der Waals surface area contributed by atoms with Gasteiger partial charge >= 0.3 is 6.18 Å². The summed E-state index contributed by atoms with van der Waals surface area (Å²) < 4.78 is 63.5. The average molecular weight is 430 g/mol. The monoisotopic (exact) mass is 430 g/mol. The van der Waals surface area contributed by atoms with Gasteiger partial charge in [-0.05, 0) is 42.7 Å². The van der Waals surface area contributed by atoms with Gasteiger partial charge in [-0.1, -0.05) is 12.1 Å². The number of β-amino-alcohol motifs (C(OH)–C–C–N with tert-alkyl or cyclic N) is 1. The van der Waals surface area contributed by atoms with Crippen molar-refractivity contribution in [2.45, 2.75) is 21.7 Å². The van der Waals surface area contributed by atoms with E-state index in [4.69, 9.17) is 0 Å². The molecule has 0 saturated heterocycles. The number of rotatable bonds is 4. The molecule has 28 heavy (non-hydrogen) atoms. The first-order valence-electron chi connectivity index (χ1n) is 8.06. The number of thioether (sulfide) groups is 1. The van der Waals surface area contributed by atoms with Gasteiger partial charge in [-0.15, -0.1) is 11.8 Å². The van der Waals surface area contributed by atoms with E-state index in [0.29, 0.717) is 11.3 Å². The van der Waals surface area contributed by atoms with Crippen LogP contribution in [-0.2, 0) is 9.84 Å². The second-order valence-electron chi connectivity index (χ2n) is 6.33. The summed E-state index contributed by atoms with van der Waals surface area (Å²) in [6, 6.07) is 12.2. The van der Waals surface area contributed by atoms with Gasteiger partial charge in [0, 0.05) is 22.4 Å². The van der Waals surface area contributed by atoms with E-state index in [0.717, 1.165) is 11.2 Å². The number of aliphatic imine (C=N–C) groups is 1. The number of alkyl halides is 3. The molecule has 5 nitrogen and oxygen atoms in total. The van der Waals surface area contributed by atoms with Crippen LogP contribution in [0.4, 0.5) is 18.9 Å². The normalized spacial score (nSPS) is 20.4. The first-order chi connectivity index (χ1) is 12.9. The minimum absolute atomic E-state index is 0.0390. The van der Waals surface area contributed by atoms with E-state index in [1.165, 1.54) is 40.9 Å².